The number of benzene rings is 1. The van der Waals surface area contributed by atoms with E-state index in [2.05, 4.69) is 4.72 Å². The SMILES string of the molecule is CC(C)CNS(=O)(=O)Nc1cc(S(N)(=O)=O)ccc1F. The van der Waals surface area contributed by atoms with Gasteiger partial charge in [0.2, 0.25) is 10.0 Å². The van der Waals surface area contributed by atoms with E-state index < -0.39 is 31.7 Å². The molecule has 0 unspecified atom stereocenters. The standard InChI is InChI=1S/C10H16FN3O4S2/c1-7(2)6-13-20(17,18)14-10-5-8(19(12,15)16)3-4-9(10)11/h3-5,7,13-14H,6H2,1-2H3,(H2,12,15,16). The van der Waals surface area contributed by atoms with Gasteiger partial charge in [0.1, 0.15) is 5.82 Å². The molecule has 0 heterocycles. The van der Waals surface area contributed by atoms with Crippen molar-refractivity contribution < 1.29 is 21.2 Å². The molecule has 7 nitrogen and oxygen atoms in total. The molecule has 0 atom stereocenters. The molecular weight excluding hydrogens is 309 g/mol. The van der Waals surface area contributed by atoms with Gasteiger partial charge in [0, 0.05) is 6.54 Å². The van der Waals surface area contributed by atoms with Gasteiger partial charge in [-0.1, -0.05) is 13.8 Å². The van der Waals surface area contributed by atoms with Crippen LogP contribution < -0.4 is 14.6 Å². The summed E-state index contributed by atoms with van der Waals surface area (Å²) in [6.45, 7) is 3.75. The molecule has 0 radical (unpaired) electrons. The first-order valence-corrected chi connectivity index (χ1v) is 8.64. The number of sulfonamides is 1. The fourth-order valence-corrected chi connectivity index (χ4v) is 2.83. The molecule has 0 amide bonds. The third-order valence-electron chi connectivity index (χ3n) is 2.19. The molecule has 1 rings (SSSR count). The Bertz CT molecular complexity index is 686. The minimum atomic E-state index is -4.05. The van der Waals surface area contributed by atoms with Crippen molar-refractivity contribution in [1.29, 1.82) is 0 Å². The van der Waals surface area contributed by atoms with E-state index in [0.29, 0.717) is 0 Å². The highest BCUT2D eigenvalue weighted by molar-refractivity contribution is 7.90. The zero-order valence-corrected chi connectivity index (χ0v) is 12.6. The van der Waals surface area contributed by atoms with Crippen LogP contribution in [0.15, 0.2) is 23.1 Å². The number of rotatable bonds is 6. The second-order valence-corrected chi connectivity index (χ2v) is 7.60. The summed E-state index contributed by atoms with van der Waals surface area (Å²) in [5, 5.41) is 4.89. The molecule has 0 saturated heterocycles. The molecule has 0 fully saturated rings. The molecule has 1 aromatic rings. The summed E-state index contributed by atoms with van der Waals surface area (Å²) in [5.74, 6) is -0.848. The molecule has 0 aliphatic carbocycles. The fraction of sp³-hybridized carbons (Fsp3) is 0.400. The number of halogens is 1. The average Bonchev–Trinajstić information content (AvgIpc) is 2.28. The third-order valence-corrected chi connectivity index (χ3v) is 4.14. The molecule has 0 aliphatic heterocycles. The van der Waals surface area contributed by atoms with E-state index in [9.17, 15) is 21.2 Å². The third kappa shape index (κ3) is 5.04. The Labute approximate surface area is 117 Å². The van der Waals surface area contributed by atoms with E-state index in [1.54, 1.807) is 13.8 Å². The van der Waals surface area contributed by atoms with Crippen LogP contribution in [0.1, 0.15) is 13.8 Å². The van der Waals surface area contributed by atoms with Crippen LogP contribution >= 0.6 is 0 Å². The summed E-state index contributed by atoms with van der Waals surface area (Å²) in [6, 6.07) is 2.59. The molecule has 114 valence electrons. The normalized spacial score (nSPS) is 12.7. The number of nitrogens with one attached hydrogen (secondary N) is 2. The molecule has 20 heavy (non-hydrogen) atoms. The van der Waals surface area contributed by atoms with E-state index in [0.717, 1.165) is 18.2 Å². The number of anilines is 1. The van der Waals surface area contributed by atoms with Gasteiger partial charge in [0.05, 0.1) is 10.6 Å². The van der Waals surface area contributed by atoms with Gasteiger partial charge >= 0.3 is 0 Å². The van der Waals surface area contributed by atoms with E-state index in [1.807, 2.05) is 4.72 Å². The van der Waals surface area contributed by atoms with Gasteiger partial charge in [0.25, 0.3) is 10.2 Å². The van der Waals surface area contributed by atoms with Crippen molar-refractivity contribution >= 4 is 25.9 Å². The lowest BCUT2D eigenvalue weighted by Crippen LogP contribution is -2.33. The maximum atomic E-state index is 13.5. The maximum absolute atomic E-state index is 13.5. The smallest absolute Gasteiger partial charge is 0.268 e. The summed E-state index contributed by atoms with van der Waals surface area (Å²) < 4.78 is 63.2. The molecule has 1 aromatic carbocycles. The van der Waals surface area contributed by atoms with Crippen molar-refractivity contribution in [2.24, 2.45) is 11.1 Å². The van der Waals surface area contributed by atoms with Crippen molar-refractivity contribution in [1.82, 2.24) is 4.72 Å². The van der Waals surface area contributed by atoms with Gasteiger partial charge < -0.3 is 0 Å². The minimum Gasteiger partial charge on any atom is -0.268 e. The monoisotopic (exact) mass is 325 g/mol. The average molecular weight is 325 g/mol. The highest BCUT2D eigenvalue weighted by Gasteiger charge is 2.16. The van der Waals surface area contributed by atoms with Gasteiger partial charge in [-0.3, -0.25) is 4.72 Å². The number of nitrogens with two attached hydrogens (primary N) is 1. The van der Waals surface area contributed by atoms with Crippen molar-refractivity contribution in [3.05, 3.63) is 24.0 Å². The zero-order valence-electron chi connectivity index (χ0n) is 10.9. The summed E-state index contributed by atoms with van der Waals surface area (Å²) in [5.41, 5.74) is -0.493. The van der Waals surface area contributed by atoms with Crippen molar-refractivity contribution in [3.8, 4) is 0 Å². The Balaban J connectivity index is 3.03. The van der Waals surface area contributed by atoms with Gasteiger partial charge in [0.15, 0.2) is 0 Å². The van der Waals surface area contributed by atoms with Crippen LogP contribution in [-0.2, 0) is 20.2 Å². The lowest BCUT2D eigenvalue weighted by atomic mass is 10.2. The lowest BCUT2D eigenvalue weighted by Gasteiger charge is -2.12. The first-order valence-electron chi connectivity index (χ1n) is 5.61. The summed E-state index contributed by atoms with van der Waals surface area (Å²) in [7, 11) is -8.04. The van der Waals surface area contributed by atoms with Gasteiger partial charge in [-0.25, -0.2) is 17.9 Å². The Morgan fingerprint density at radius 1 is 1.25 bits per heavy atom. The predicted octanol–water partition coefficient (Wildman–Crippen LogP) is 0.375. The van der Waals surface area contributed by atoms with Crippen LogP contribution in [0.5, 0.6) is 0 Å². The molecule has 0 spiro atoms. The van der Waals surface area contributed by atoms with Crippen LogP contribution in [0.2, 0.25) is 0 Å². The molecule has 0 bridgehead atoms. The Kier molecular flexibility index (Phi) is 5.08. The van der Waals surface area contributed by atoms with Crippen molar-refractivity contribution in [3.63, 3.8) is 0 Å². The Morgan fingerprint density at radius 3 is 2.35 bits per heavy atom. The van der Waals surface area contributed by atoms with Gasteiger partial charge in [-0.05, 0) is 24.1 Å². The molecule has 4 N–H and O–H groups in total. The number of hydrogen-bond donors (Lipinski definition) is 3. The van der Waals surface area contributed by atoms with Gasteiger partial charge in [-0.15, -0.1) is 0 Å². The summed E-state index contributed by atoms with van der Waals surface area (Å²) in [6.07, 6.45) is 0. The van der Waals surface area contributed by atoms with Crippen LogP contribution in [0, 0.1) is 11.7 Å². The highest BCUT2D eigenvalue weighted by Crippen LogP contribution is 2.19. The fourth-order valence-electron chi connectivity index (χ4n) is 1.22. The molecule has 10 heteroatoms. The molecule has 0 saturated carbocycles. The number of primary sulfonamides is 1. The molecular formula is C10H16FN3O4S2. The molecule has 0 aliphatic rings. The van der Waals surface area contributed by atoms with Gasteiger partial charge in [-0.2, -0.15) is 13.1 Å². The van der Waals surface area contributed by atoms with Crippen LogP contribution in [0.3, 0.4) is 0 Å². The maximum Gasteiger partial charge on any atom is 0.299 e. The van der Waals surface area contributed by atoms with Crippen LogP contribution in [0.25, 0.3) is 0 Å². The summed E-state index contributed by atoms with van der Waals surface area (Å²) in [4.78, 5) is -0.388. The quantitative estimate of drug-likeness (QED) is 0.700. The van der Waals surface area contributed by atoms with E-state index >= 15 is 0 Å². The zero-order chi connectivity index (χ0) is 15.6. The second kappa shape index (κ2) is 6.04. The largest absolute Gasteiger partial charge is 0.299 e. The first-order chi connectivity index (χ1) is 9.01. The lowest BCUT2D eigenvalue weighted by molar-refractivity contribution is 0.563. The minimum absolute atomic E-state index is 0.0622. The second-order valence-electron chi connectivity index (χ2n) is 4.53. The van der Waals surface area contributed by atoms with Crippen LogP contribution in [-0.4, -0.2) is 23.4 Å². The van der Waals surface area contributed by atoms with Crippen molar-refractivity contribution in [2.75, 3.05) is 11.3 Å². The highest BCUT2D eigenvalue weighted by atomic mass is 32.2. The first kappa shape index (κ1) is 16.8. The topological polar surface area (TPSA) is 118 Å². The Hall–Kier alpha value is -1.23. The number of hydrogen-bond acceptors (Lipinski definition) is 4. The van der Waals surface area contributed by atoms with Crippen molar-refractivity contribution in [2.45, 2.75) is 18.7 Å². The van der Waals surface area contributed by atoms with Crippen LogP contribution in [0.4, 0.5) is 10.1 Å². The van der Waals surface area contributed by atoms with E-state index in [1.165, 1.54) is 0 Å². The Morgan fingerprint density at radius 2 is 1.85 bits per heavy atom. The van der Waals surface area contributed by atoms with E-state index in [-0.39, 0.29) is 17.4 Å². The molecule has 0 aromatic heterocycles. The predicted molar refractivity (Wildman–Crippen MR) is 73.2 cm³/mol. The summed E-state index contributed by atoms with van der Waals surface area (Å²) >= 11 is 0. The van der Waals surface area contributed by atoms with E-state index in [4.69, 9.17) is 5.14 Å².